The Morgan fingerprint density at radius 1 is 1.15 bits per heavy atom. The third kappa shape index (κ3) is 6.41. The van der Waals surface area contributed by atoms with Crippen LogP contribution in [-0.4, -0.2) is 59.7 Å². The second kappa shape index (κ2) is 10.5. The average Bonchev–Trinajstić information content (AvgIpc) is 2.75. The molecule has 0 aliphatic carbocycles. The molecule has 1 aliphatic rings. The zero-order chi connectivity index (χ0) is 24.2. The summed E-state index contributed by atoms with van der Waals surface area (Å²) >= 11 is 0. The highest BCUT2D eigenvalue weighted by Crippen LogP contribution is 2.28. The van der Waals surface area contributed by atoms with Crippen molar-refractivity contribution in [3.63, 3.8) is 0 Å². The lowest BCUT2D eigenvalue weighted by molar-refractivity contribution is 0.180. The standard InChI is InChI=1S/C25H36FN5O2/c1-17(2)22-27-21(16-33-6)19(15-18-9-7-8-10-20(18)26)23(28-22)30-11-13-31(14-12-30)24(32)29-25(3,4)5/h7-10,17H,11-16H2,1-6H3,(H,29,32). The molecular formula is C25H36FN5O2. The van der Waals surface area contributed by atoms with E-state index in [1.807, 2.05) is 31.7 Å². The Bertz CT molecular complexity index is 966. The largest absolute Gasteiger partial charge is 0.378 e. The molecule has 0 atom stereocenters. The minimum absolute atomic E-state index is 0.0561. The van der Waals surface area contributed by atoms with Crippen LogP contribution in [0.25, 0.3) is 0 Å². The Morgan fingerprint density at radius 3 is 2.39 bits per heavy atom. The highest BCUT2D eigenvalue weighted by atomic mass is 19.1. The molecular weight excluding hydrogens is 421 g/mol. The van der Waals surface area contributed by atoms with Gasteiger partial charge in [0.05, 0.1) is 12.3 Å². The molecule has 1 N–H and O–H groups in total. The van der Waals surface area contributed by atoms with Crippen molar-refractivity contribution in [3.05, 3.63) is 52.7 Å². The van der Waals surface area contributed by atoms with E-state index in [-0.39, 0.29) is 23.3 Å². The molecule has 1 aromatic carbocycles. The summed E-state index contributed by atoms with van der Waals surface area (Å²) in [7, 11) is 1.64. The number of halogens is 1. The predicted octanol–water partition coefficient (Wildman–Crippen LogP) is 4.11. The van der Waals surface area contributed by atoms with Gasteiger partial charge in [0.25, 0.3) is 0 Å². The maximum Gasteiger partial charge on any atom is 0.317 e. The molecule has 2 heterocycles. The molecule has 1 aliphatic heterocycles. The van der Waals surface area contributed by atoms with Crippen molar-refractivity contribution in [2.45, 2.75) is 59.1 Å². The Labute approximate surface area is 196 Å². The zero-order valence-electron chi connectivity index (χ0n) is 20.6. The van der Waals surface area contributed by atoms with Gasteiger partial charge in [-0.2, -0.15) is 0 Å². The normalized spacial score (nSPS) is 14.7. The SMILES string of the molecule is COCc1nc(C(C)C)nc(N2CCN(C(=O)NC(C)(C)C)CC2)c1Cc1ccccc1F. The number of nitrogens with one attached hydrogen (secondary N) is 1. The summed E-state index contributed by atoms with van der Waals surface area (Å²) < 4.78 is 20.0. The molecule has 1 aromatic heterocycles. The molecule has 0 saturated carbocycles. The van der Waals surface area contributed by atoms with E-state index in [2.05, 4.69) is 24.1 Å². The topological polar surface area (TPSA) is 70.6 Å². The summed E-state index contributed by atoms with van der Waals surface area (Å²) in [6.07, 6.45) is 0.379. The van der Waals surface area contributed by atoms with Crippen LogP contribution in [-0.2, 0) is 17.8 Å². The minimum atomic E-state index is -0.283. The van der Waals surface area contributed by atoms with E-state index in [9.17, 15) is 9.18 Å². The van der Waals surface area contributed by atoms with Crippen molar-refractivity contribution in [2.75, 3.05) is 38.2 Å². The number of aromatic nitrogens is 2. The first-order chi connectivity index (χ1) is 15.6. The van der Waals surface area contributed by atoms with Gasteiger partial charge in [0, 0.05) is 56.7 Å². The van der Waals surface area contributed by atoms with E-state index in [1.54, 1.807) is 19.2 Å². The van der Waals surface area contributed by atoms with Gasteiger partial charge < -0.3 is 19.9 Å². The summed E-state index contributed by atoms with van der Waals surface area (Å²) in [6.45, 7) is 12.8. The summed E-state index contributed by atoms with van der Waals surface area (Å²) in [6, 6.07) is 6.74. The molecule has 2 amide bonds. The van der Waals surface area contributed by atoms with Gasteiger partial charge >= 0.3 is 6.03 Å². The van der Waals surface area contributed by atoms with Crippen molar-refractivity contribution in [1.82, 2.24) is 20.2 Å². The van der Waals surface area contributed by atoms with Crippen LogP contribution in [0.3, 0.4) is 0 Å². The van der Waals surface area contributed by atoms with E-state index >= 15 is 0 Å². The summed E-state index contributed by atoms with van der Waals surface area (Å²) in [4.78, 5) is 26.3. The van der Waals surface area contributed by atoms with Crippen LogP contribution in [0.15, 0.2) is 24.3 Å². The van der Waals surface area contributed by atoms with Crippen LogP contribution in [0.2, 0.25) is 0 Å². The van der Waals surface area contributed by atoms with Crippen molar-refractivity contribution < 1.29 is 13.9 Å². The van der Waals surface area contributed by atoms with E-state index in [0.717, 1.165) is 22.9 Å². The van der Waals surface area contributed by atoms with Crippen LogP contribution in [0.5, 0.6) is 0 Å². The van der Waals surface area contributed by atoms with Crippen LogP contribution >= 0.6 is 0 Å². The molecule has 0 unspecified atom stereocenters. The number of benzene rings is 1. The zero-order valence-corrected chi connectivity index (χ0v) is 20.6. The number of hydrogen-bond donors (Lipinski definition) is 1. The number of carbonyl (C=O) groups is 1. The fraction of sp³-hybridized carbons (Fsp3) is 0.560. The van der Waals surface area contributed by atoms with Crippen molar-refractivity contribution in [3.8, 4) is 0 Å². The maximum absolute atomic E-state index is 14.5. The smallest absolute Gasteiger partial charge is 0.317 e. The molecule has 3 rings (SSSR count). The molecule has 33 heavy (non-hydrogen) atoms. The lowest BCUT2D eigenvalue weighted by Crippen LogP contribution is -2.55. The number of hydrogen-bond acceptors (Lipinski definition) is 5. The highest BCUT2D eigenvalue weighted by molar-refractivity contribution is 5.75. The number of amides is 2. The molecule has 1 fully saturated rings. The lowest BCUT2D eigenvalue weighted by atomic mass is 10.0. The fourth-order valence-corrected chi connectivity index (χ4v) is 3.85. The number of piperazine rings is 1. The summed E-state index contributed by atoms with van der Waals surface area (Å²) in [5.41, 5.74) is 1.97. The number of ether oxygens (including phenoxy) is 1. The highest BCUT2D eigenvalue weighted by Gasteiger charge is 2.28. The fourth-order valence-electron chi connectivity index (χ4n) is 3.85. The first kappa shape index (κ1) is 24.9. The van der Waals surface area contributed by atoms with Crippen molar-refractivity contribution >= 4 is 11.8 Å². The predicted molar refractivity (Wildman–Crippen MR) is 128 cm³/mol. The van der Waals surface area contributed by atoms with Crippen LogP contribution in [0.4, 0.5) is 15.0 Å². The van der Waals surface area contributed by atoms with Crippen molar-refractivity contribution in [1.29, 1.82) is 0 Å². The Hall–Kier alpha value is -2.74. The second-order valence-corrected chi connectivity index (χ2v) is 9.84. The molecule has 7 nitrogen and oxygen atoms in total. The van der Waals surface area contributed by atoms with Crippen LogP contribution in [0.1, 0.15) is 63.2 Å². The van der Waals surface area contributed by atoms with Gasteiger partial charge in [-0.05, 0) is 32.4 Å². The van der Waals surface area contributed by atoms with E-state index in [1.165, 1.54) is 6.07 Å². The Kier molecular flexibility index (Phi) is 7.89. The van der Waals surface area contributed by atoms with Gasteiger partial charge in [-0.3, -0.25) is 0 Å². The first-order valence-corrected chi connectivity index (χ1v) is 11.5. The van der Waals surface area contributed by atoms with Crippen LogP contribution in [0, 0.1) is 5.82 Å². The van der Waals surface area contributed by atoms with Gasteiger partial charge in [0.15, 0.2) is 0 Å². The monoisotopic (exact) mass is 457 g/mol. The third-order valence-electron chi connectivity index (χ3n) is 5.56. The van der Waals surface area contributed by atoms with Gasteiger partial charge in [-0.25, -0.2) is 19.2 Å². The number of anilines is 1. The molecule has 0 bridgehead atoms. The maximum atomic E-state index is 14.5. The second-order valence-electron chi connectivity index (χ2n) is 9.84. The van der Waals surface area contributed by atoms with Crippen molar-refractivity contribution in [2.24, 2.45) is 0 Å². The first-order valence-electron chi connectivity index (χ1n) is 11.5. The molecule has 1 saturated heterocycles. The number of nitrogens with zero attached hydrogens (tertiary/aromatic N) is 4. The summed E-state index contributed by atoms with van der Waals surface area (Å²) in [5.74, 6) is 1.44. The van der Waals surface area contributed by atoms with Gasteiger partial charge in [-0.15, -0.1) is 0 Å². The number of urea groups is 1. The number of carbonyl (C=O) groups excluding carboxylic acids is 1. The average molecular weight is 458 g/mol. The Balaban J connectivity index is 1.93. The molecule has 180 valence electrons. The van der Waals surface area contributed by atoms with Crippen LogP contribution < -0.4 is 10.2 Å². The quantitative estimate of drug-likeness (QED) is 0.707. The van der Waals surface area contributed by atoms with E-state index in [0.29, 0.717) is 44.8 Å². The molecule has 0 radical (unpaired) electrons. The lowest BCUT2D eigenvalue weighted by Gasteiger charge is -2.38. The van der Waals surface area contributed by atoms with E-state index in [4.69, 9.17) is 14.7 Å². The number of rotatable bonds is 6. The van der Waals surface area contributed by atoms with Gasteiger partial charge in [0.2, 0.25) is 0 Å². The minimum Gasteiger partial charge on any atom is -0.378 e. The van der Waals surface area contributed by atoms with E-state index < -0.39 is 0 Å². The summed E-state index contributed by atoms with van der Waals surface area (Å²) in [5, 5.41) is 3.03. The molecule has 8 heteroatoms. The third-order valence-corrected chi connectivity index (χ3v) is 5.56. The molecule has 2 aromatic rings. The van der Waals surface area contributed by atoms with Gasteiger partial charge in [0.1, 0.15) is 17.5 Å². The van der Waals surface area contributed by atoms with Gasteiger partial charge in [-0.1, -0.05) is 32.0 Å². The Morgan fingerprint density at radius 2 is 1.82 bits per heavy atom. The number of methoxy groups -OCH3 is 1. The molecule has 0 spiro atoms.